The van der Waals surface area contributed by atoms with Gasteiger partial charge in [-0.25, -0.2) is 23.8 Å². The molecule has 2 rings (SSSR count). The Labute approximate surface area is 116 Å². The summed E-state index contributed by atoms with van der Waals surface area (Å²) in [6, 6.07) is 0. The molecule has 0 saturated heterocycles. The van der Waals surface area contributed by atoms with Crippen molar-refractivity contribution in [3.05, 3.63) is 47.6 Å². The van der Waals surface area contributed by atoms with Crippen molar-refractivity contribution in [2.24, 2.45) is 0 Å². The summed E-state index contributed by atoms with van der Waals surface area (Å²) >= 11 is 1.30. The average molecular weight is 300 g/mol. The molecule has 0 spiro atoms. The number of hydrogen-bond acceptors (Lipinski definition) is 0. The van der Waals surface area contributed by atoms with Gasteiger partial charge in [0.15, 0.2) is 0 Å². The van der Waals surface area contributed by atoms with E-state index in [1.807, 2.05) is 12.2 Å². The van der Waals surface area contributed by atoms with Gasteiger partial charge in [0.25, 0.3) is 0 Å². The molecule has 0 saturated carbocycles. The minimum atomic E-state index is 0. The number of allylic oxidation sites excluding steroid dienone is 8. The Bertz CT molecular complexity index is 268. The van der Waals surface area contributed by atoms with E-state index in [0.717, 1.165) is 12.8 Å². The van der Waals surface area contributed by atoms with Crippen molar-refractivity contribution >= 4 is 4.21 Å². The molecule has 0 fully saturated rings. The van der Waals surface area contributed by atoms with Gasteiger partial charge in [-0.3, -0.25) is 12.2 Å². The van der Waals surface area contributed by atoms with Gasteiger partial charge >= 0.3 is 28.4 Å². The van der Waals surface area contributed by atoms with Gasteiger partial charge in [0.2, 0.25) is 0 Å². The van der Waals surface area contributed by atoms with E-state index in [4.69, 9.17) is 0 Å². The Morgan fingerprint density at radius 1 is 1.33 bits per heavy atom. The van der Waals surface area contributed by atoms with Gasteiger partial charge in [-0.1, -0.05) is 6.92 Å². The molecule has 0 aliphatic heterocycles. The number of hydrogen-bond donors (Lipinski definition) is 0. The van der Waals surface area contributed by atoms with E-state index in [0.29, 0.717) is 0 Å². The van der Waals surface area contributed by atoms with E-state index >= 15 is 0 Å². The largest absolute Gasteiger partial charge is 1.00 e. The van der Waals surface area contributed by atoms with E-state index in [1.165, 1.54) is 35.4 Å². The van der Waals surface area contributed by atoms with Crippen LogP contribution in [0.25, 0.3) is 0 Å². The van der Waals surface area contributed by atoms with Crippen LogP contribution in [-0.4, -0.2) is 4.21 Å². The van der Waals surface area contributed by atoms with Crippen LogP contribution in [0.5, 0.6) is 0 Å². The van der Waals surface area contributed by atoms with E-state index in [9.17, 15) is 0 Å². The van der Waals surface area contributed by atoms with Crippen molar-refractivity contribution in [2.75, 3.05) is 0 Å². The monoisotopic (exact) mass is 298 g/mol. The molecule has 0 N–H and O–H groups in total. The molecule has 0 aromatic rings. The predicted molar refractivity (Wildman–Crippen MR) is 60.6 cm³/mol. The Hall–Kier alpha value is 0.00312. The molecule has 2 heteroatoms. The quantitative estimate of drug-likeness (QED) is 0.571. The molecule has 2 aliphatic carbocycles. The Kier molecular flexibility index (Phi) is 14.0. The van der Waals surface area contributed by atoms with E-state index in [1.54, 1.807) is 0 Å². The first kappa shape index (κ1) is 17.4. The Balaban J connectivity index is -0.000000169. The molecule has 0 aromatic heterocycles. The maximum atomic E-state index is 3.34. The molecule has 0 nitrogen and oxygen atoms in total. The third kappa shape index (κ3) is 8.96. The summed E-state index contributed by atoms with van der Waals surface area (Å²) in [4.78, 5) is 0. The van der Waals surface area contributed by atoms with Crippen LogP contribution >= 0.6 is 0 Å². The Morgan fingerprint density at radius 2 is 2.00 bits per heavy atom. The van der Waals surface area contributed by atoms with Crippen LogP contribution in [0, 0.1) is 12.2 Å². The van der Waals surface area contributed by atoms with Crippen LogP contribution in [0.2, 0.25) is 0 Å². The molecule has 82 valence electrons. The third-order valence-corrected chi connectivity index (χ3v) is 1.94. The summed E-state index contributed by atoms with van der Waals surface area (Å²) in [6.07, 6.45) is 16.2. The average Bonchev–Trinajstić information content (AvgIpc) is 2.86. The van der Waals surface area contributed by atoms with Crippen molar-refractivity contribution in [1.82, 2.24) is 0 Å². The van der Waals surface area contributed by atoms with E-state index in [2.05, 4.69) is 42.4 Å². The van der Waals surface area contributed by atoms with Gasteiger partial charge in [-0.15, -0.1) is 19.8 Å². The summed E-state index contributed by atoms with van der Waals surface area (Å²) in [5.74, 6) is 0. The van der Waals surface area contributed by atoms with Gasteiger partial charge in [0, 0.05) is 0 Å². The van der Waals surface area contributed by atoms with E-state index < -0.39 is 0 Å². The minimum Gasteiger partial charge on any atom is -1.00 e. The van der Waals surface area contributed by atoms with Crippen molar-refractivity contribution in [2.45, 2.75) is 26.7 Å². The van der Waals surface area contributed by atoms with Crippen molar-refractivity contribution in [1.29, 1.82) is 0 Å². The summed E-state index contributed by atoms with van der Waals surface area (Å²) in [7, 11) is 0. The second-order valence-corrected chi connectivity index (χ2v) is 2.99. The van der Waals surface area contributed by atoms with Gasteiger partial charge in [-0.2, -0.15) is 11.6 Å². The molecule has 0 heterocycles. The number of halogens is 1. The van der Waals surface area contributed by atoms with Gasteiger partial charge in [0.05, 0.1) is 0 Å². The van der Waals surface area contributed by atoms with Crippen LogP contribution < -0.4 is 12.4 Å². The van der Waals surface area contributed by atoms with E-state index in [-0.39, 0.29) is 13.8 Å². The van der Waals surface area contributed by atoms with Crippen LogP contribution in [0.3, 0.4) is 0 Å². The topological polar surface area (TPSA) is 0 Å². The molecular formula is C13H17ClZr-2. The smallest absolute Gasteiger partial charge is 1.00 e. The fraction of sp³-hybridized carbons (Fsp3) is 0.308. The normalized spacial score (nSPS) is 15.2. The minimum absolute atomic E-state index is 0. The maximum Gasteiger partial charge on any atom is -1.00 e. The number of rotatable bonds is 0. The second-order valence-electron chi connectivity index (χ2n) is 2.99. The second kappa shape index (κ2) is 12.1. The molecule has 2 aliphatic rings. The van der Waals surface area contributed by atoms with Gasteiger partial charge in [-0.05, 0) is 0 Å². The third-order valence-electron chi connectivity index (χ3n) is 1.94. The fourth-order valence-electron chi connectivity index (χ4n) is 0.960. The fourth-order valence-corrected chi connectivity index (χ4v) is 0.960. The standard InChI is InChI=1S/C7H9.C5H5.CH2.ClH.Zr.H/c1-6-4-3-5-7(6)2;1-2-4-5-3-1;;;;/h4H,5H2,1-2H3;1-3H,4H2;1H2;1H;;/q2*-1;;;+2;-1/p-1. The van der Waals surface area contributed by atoms with Crippen molar-refractivity contribution < 1.29 is 38.1 Å². The molecule has 0 atom stereocenters. The molecule has 0 unspecified atom stereocenters. The predicted octanol–water partition coefficient (Wildman–Crippen LogP) is 0.473. The van der Waals surface area contributed by atoms with Crippen LogP contribution in [0.15, 0.2) is 35.5 Å². The summed E-state index contributed by atoms with van der Waals surface area (Å²) < 4.78 is 3.34. The molecule has 0 bridgehead atoms. The summed E-state index contributed by atoms with van der Waals surface area (Å²) in [6.45, 7) is 4.27. The SMILES string of the molecule is CC1=C(C)C[C-]=C1.[C-]1=CC=CC1.[CH2]=[Zr+2].[Cl-].[H-]. The van der Waals surface area contributed by atoms with Gasteiger partial charge in [0.1, 0.15) is 0 Å². The molecule has 0 radical (unpaired) electrons. The zero-order valence-corrected chi connectivity index (χ0v) is 12.5. The first-order valence-electron chi connectivity index (χ1n) is 4.61. The summed E-state index contributed by atoms with van der Waals surface area (Å²) in [5.41, 5.74) is 2.85. The molecule has 0 aromatic carbocycles. The van der Waals surface area contributed by atoms with Crippen LogP contribution in [0.4, 0.5) is 0 Å². The molecule has 0 amide bonds. The molecular weight excluding hydrogens is 283 g/mol. The van der Waals surface area contributed by atoms with Crippen LogP contribution in [-0.2, 0) is 24.2 Å². The van der Waals surface area contributed by atoms with Crippen LogP contribution in [0.1, 0.15) is 28.1 Å². The van der Waals surface area contributed by atoms with Crippen molar-refractivity contribution in [3.8, 4) is 0 Å². The van der Waals surface area contributed by atoms with Gasteiger partial charge < -0.3 is 13.8 Å². The first-order chi connectivity index (χ1) is 6.80. The maximum absolute atomic E-state index is 3.34. The zero-order valence-electron chi connectivity index (χ0n) is 10.3. The Morgan fingerprint density at radius 3 is 2.13 bits per heavy atom. The van der Waals surface area contributed by atoms with Crippen molar-refractivity contribution in [3.63, 3.8) is 0 Å². The first-order valence-corrected chi connectivity index (χ1v) is 6.34. The molecule has 15 heavy (non-hydrogen) atoms. The zero-order chi connectivity index (χ0) is 10.8. The summed E-state index contributed by atoms with van der Waals surface area (Å²) in [5, 5.41) is 0.